The summed E-state index contributed by atoms with van der Waals surface area (Å²) >= 11 is 0. The predicted molar refractivity (Wildman–Crippen MR) is 129 cm³/mol. The van der Waals surface area contributed by atoms with Crippen LogP contribution in [0.1, 0.15) is 18.1 Å². The Morgan fingerprint density at radius 2 is 1.22 bits per heavy atom. The molecular formula is C26H25NO9. The molecule has 0 unspecified atom stereocenters. The Balaban J connectivity index is 1.84. The molecule has 2 N–H and O–H groups in total. The minimum atomic E-state index is -1.09. The number of amides is 1. The zero-order chi connectivity index (χ0) is 26.1. The quantitative estimate of drug-likeness (QED) is 0.502. The number of hydrogen-bond donors (Lipinski definition) is 2. The van der Waals surface area contributed by atoms with Crippen molar-refractivity contribution < 1.29 is 43.6 Å². The van der Waals surface area contributed by atoms with Gasteiger partial charge in [0.2, 0.25) is 0 Å². The fourth-order valence-corrected chi connectivity index (χ4v) is 3.40. The van der Waals surface area contributed by atoms with E-state index in [1.807, 2.05) is 0 Å². The second-order valence-electron chi connectivity index (χ2n) is 7.73. The summed E-state index contributed by atoms with van der Waals surface area (Å²) in [4.78, 5) is 48.4. The summed E-state index contributed by atoms with van der Waals surface area (Å²) in [5.41, 5.74) is 2.10. The zero-order valence-corrected chi connectivity index (χ0v) is 19.5. The van der Waals surface area contributed by atoms with Crippen molar-refractivity contribution in [3.8, 4) is 11.5 Å². The molecule has 0 bridgehead atoms. The first-order valence-electron chi connectivity index (χ1n) is 11.0. The highest BCUT2D eigenvalue weighted by atomic mass is 16.6. The van der Waals surface area contributed by atoms with Gasteiger partial charge in [-0.2, -0.15) is 0 Å². The highest BCUT2D eigenvalue weighted by Gasteiger charge is 2.29. The maximum Gasteiger partial charge on any atom is 0.410 e. The topological polar surface area (TPSA) is 140 Å². The number of ketones is 1. The van der Waals surface area contributed by atoms with Crippen molar-refractivity contribution >= 4 is 36.0 Å². The molecule has 10 nitrogen and oxygen atoms in total. The van der Waals surface area contributed by atoms with Crippen LogP contribution >= 0.6 is 0 Å². The molecule has 0 atom stereocenters. The number of carbonyl (C=O) groups is 4. The molecular weight excluding hydrogens is 470 g/mol. The van der Waals surface area contributed by atoms with E-state index < -0.39 is 31.2 Å². The largest absolute Gasteiger partial charge is 0.482 e. The van der Waals surface area contributed by atoms with E-state index in [1.165, 1.54) is 4.90 Å². The number of nitrogens with zero attached hydrogens (tertiary/aromatic N) is 1. The van der Waals surface area contributed by atoms with Crippen molar-refractivity contribution in [2.24, 2.45) is 0 Å². The number of ether oxygens (including phenoxy) is 3. The minimum Gasteiger partial charge on any atom is -0.482 e. The lowest BCUT2D eigenvalue weighted by Gasteiger charge is -2.29. The molecule has 0 aromatic heterocycles. The SMILES string of the molecule is CCOC(=O)N1CC(=Cc2ccc(OCC(=O)O)cc2)C(=O)C(=Cc2ccc(OCC(=O)O)cc2)C1. The van der Waals surface area contributed by atoms with E-state index in [9.17, 15) is 19.2 Å². The first-order chi connectivity index (χ1) is 17.2. The monoisotopic (exact) mass is 495 g/mol. The van der Waals surface area contributed by atoms with Gasteiger partial charge in [0.15, 0.2) is 19.0 Å². The number of carboxylic acids is 2. The Kier molecular flexibility index (Phi) is 8.82. The molecule has 1 saturated heterocycles. The van der Waals surface area contributed by atoms with Crippen LogP contribution in [0.25, 0.3) is 12.2 Å². The van der Waals surface area contributed by atoms with Crippen LogP contribution in [-0.4, -0.2) is 71.8 Å². The standard InChI is InChI=1S/C26H25NO9/c1-2-34-26(33)27-13-19(11-17-3-7-21(8-4-17)35-15-23(28)29)25(32)20(14-27)12-18-5-9-22(10-6-18)36-16-24(30)31/h3-12H,2,13-16H2,1H3,(H,28,29)(H,30,31). The molecule has 0 spiro atoms. The van der Waals surface area contributed by atoms with E-state index in [2.05, 4.69) is 0 Å². The molecule has 0 aliphatic carbocycles. The van der Waals surface area contributed by atoms with Gasteiger partial charge < -0.3 is 24.4 Å². The molecule has 1 aliphatic heterocycles. The van der Waals surface area contributed by atoms with Gasteiger partial charge in [-0.05, 0) is 54.5 Å². The third-order valence-electron chi connectivity index (χ3n) is 5.00. The van der Waals surface area contributed by atoms with Crippen LogP contribution in [0.4, 0.5) is 4.79 Å². The molecule has 1 amide bonds. The summed E-state index contributed by atoms with van der Waals surface area (Å²) in [6.45, 7) is 1.09. The Morgan fingerprint density at radius 1 is 0.806 bits per heavy atom. The van der Waals surface area contributed by atoms with Crippen LogP contribution in [0.3, 0.4) is 0 Å². The molecule has 1 fully saturated rings. The predicted octanol–water partition coefficient (Wildman–Crippen LogP) is 3.12. The van der Waals surface area contributed by atoms with Crippen LogP contribution in [0.2, 0.25) is 0 Å². The molecule has 10 heteroatoms. The van der Waals surface area contributed by atoms with E-state index in [0.717, 1.165) is 0 Å². The van der Waals surface area contributed by atoms with Crippen molar-refractivity contribution in [1.82, 2.24) is 4.90 Å². The van der Waals surface area contributed by atoms with Crippen molar-refractivity contribution in [2.45, 2.75) is 6.92 Å². The second-order valence-corrected chi connectivity index (χ2v) is 7.73. The lowest BCUT2D eigenvalue weighted by atomic mass is 9.94. The normalized spacial score (nSPS) is 15.6. The van der Waals surface area contributed by atoms with Crippen molar-refractivity contribution in [1.29, 1.82) is 0 Å². The maximum atomic E-state index is 13.3. The number of benzene rings is 2. The second kappa shape index (κ2) is 12.2. The lowest BCUT2D eigenvalue weighted by Crippen LogP contribution is -2.41. The van der Waals surface area contributed by atoms with Crippen LogP contribution in [0.15, 0.2) is 59.7 Å². The molecule has 3 rings (SSSR count). The van der Waals surface area contributed by atoms with E-state index in [0.29, 0.717) is 33.8 Å². The molecule has 1 aliphatic rings. The van der Waals surface area contributed by atoms with Crippen LogP contribution in [0.5, 0.6) is 11.5 Å². The van der Waals surface area contributed by atoms with Crippen molar-refractivity contribution in [3.05, 3.63) is 70.8 Å². The Hall–Kier alpha value is -4.60. The fourth-order valence-electron chi connectivity index (χ4n) is 3.40. The minimum absolute atomic E-state index is 0.0637. The first kappa shape index (κ1) is 26.0. The molecule has 36 heavy (non-hydrogen) atoms. The van der Waals surface area contributed by atoms with Gasteiger partial charge in [0.25, 0.3) is 0 Å². The number of piperidine rings is 1. The van der Waals surface area contributed by atoms with E-state index in [4.69, 9.17) is 24.4 Å². The summed E-state index contributed by atoms with van der Waals surface area (Å²) in [5.74, 6) is -1.66. The first-order valence-corrected chi connectivity index (χ1v) is 11.0. The molecule has 2 aromatic carbocycles. The van der Waals surface area contributed by atoms with Gasteiger partial charge in [-0.3, -0.25) is 9.69 Å². The smallest absolute Gasteiger partial charge is 0.410 e. The number of aliphatic carboxylic acids is 2. The van der Waals surface area contributed by atoms with Crippen molar-refractivity contribution in [2.75, 3.05) is 32.9 Å². The molecule has 0 saturated carbocycles. The summed E-state index contributed by atoms with van der Waals surface area (Å²) in [7, 11) is 0. The number of carboxylic acid groups (broad SMARTS) is 2. The Labute approximate surface area is 207 Å². The summed E-state index contributed by atoms with van der Waals surface area (Å²) < 4.78 is 15.4. The highest BCUT2D eigenvalue weighted by molar-refractivity contribution is 6.15. The van der Waals surface area contributed by atoms with E-state index >= 15 is 0 Å². The third-order valence-corrected chi connectivity index (χ3v) is 5.00. The van der Waals surface area contributed by atoms with Gasteiger partial charge in [-0.25, -0.2) is 14.4 Å². The molecule has 0 radical (unpaired) electrons. The van der Waals surface area contributed by atoms with Crippen LogP contribution in [-0.2, 0) is 19.1 Å². The average Bonchev–Trinajstić information content (AvgIpc) is 2.85. The summed E-state index contributed by atoms with van der Waals surface area (Å²) in [6.07, 6.45) is 2.77. The maximum absolute atomic E-state index is 13.3. The molecule has 1 heterocycles. The number of rotatable bonds is 9. The third kappa shape index (κ3) is 7.45. The number of Topliss-reactive ketones (excluding diaryl/α,β-unsaturated/α-hetero) is 1. The van der Waals surface area contributed by atoms with Crippen molar-refractivity contribution in [3.63, 3.8) is 0 Å². The lowest BCUT2D eigenvalue weighted by molar-refractivity contribution is -0.140. The fraction of sp³-hybridized carbons (Fsp3) is 0.231. The molecule has 2 aromatic rings. The van der Waals surface area contributed by atoms with E-state index in [-0.39, 0.29) is 25.5 Å². The highest BCUT2D eigenvalue weighted by Crippen LogP contribution is 2.24. The number of likely N-dealkylation sites (tertiary alicyclic amines) is 1. The van der Waals surface area contributed by atoms with Gasteiger partial charge in [0.05, 0.1) is 19.7 Å². The zero-order valence-electron chi connectivity index (χ0n) is 19.5. The summed E-state index contributed by atoms with van der Waals surface area (Å²) in [6, 6.07) is 13.1. The van der Waals surface area contributed by atoms with Crippen LogP contribution < -0.4 is 9.47 Å². The van der Waals surface area contributed by atoms with Gasteiger partial charge in [-0.1, -0.05) is 24.3 Å². The van der Waals surface area contributed by atoms with Gasteiger partial charge in [-0.15, -0.1) is 0 Å². The number of carbonyl (C=O) groups excluding carboxylic acids is 2. The number of hydrogen-bond acceptors (Lipinski definition) is 7. The van der Waals surface area contributed by atoms with Gasteiger partial charge >= 0.3 is 18.0 Å². The summed E-state index contributed by atoms with van der Waals surface area (Å²) in [5, 5.41) is 17.4. The van der Waals surface area contributed by atoms with Gasteiger partial charge in [0, 0.05) is 11.1 Å². The Bertz CT molecular complexity index is 1100. The Morgan fingerprint density at radius 3 is 1.58 bits per heavy atom. The van der Waals surface area contributed by atoms with E-state index in [1.54, 1.807) is 67.6 Å². The molecule has 188 valence electrons. The van der Waals surface area contributed by atoms with Gasteiger partial charge in [0.1, 0.15) is 11.5 Å². The average molecular weight is 495 g/mol. The van der Waals surface area contributed by atoms with Crippen LogP contribution in [0, 0.1) is 0 Å².